The van der Waals surface area contributed by atoms with Crippen molar-refractivity contribution < 1.29 is 23.2 Å². The van der Waals surface area contributed by atoms with E-state index in [1.807, 2.05) is 0 Å². The molecule has 0 aliphatic rings. The van der Waals surface area contributed by atoms with E-state index in [1.165, 1.54) is 14.2 Å². The summed E-state index contributed by atoms with van der Waals surface area (Å²) in [6, 6.07) is 1.07. The van der Waals surface area contributed by atoms with Crippen LogP contribution in [0.3, 0.4) is 0 Å². The van der Waals surface area contributed by atoms with E-state index < -0.39 is 33.6 Å². The van der Waals surface area contributed by atoms with Crippen LogP contribution in [0.4, 0.5) is 20.3 Å². The van der Waals surface area contributed by atoms with Gasteiger partial charge in [0.15, 0.2) is 23.1 Å². The number of nitrogens with zero attached hydrogens (tertiary/aromatic N) is 3. The Labute approximate surface area is 129 Å². The number of anilines is 1. The molecule has 1 heterocycles. The Morgan fingerprint density at radius 2 is 1.83 bits per heavy atom. The van der Waals surface area contributed by atoms with E-state index in [1.54, 1.807) is 0 Å². The highest BCUT2D eigenvalue weighted by Crippen LogP contribution is 2.32. The SMILES string of the molecule is COc1cc(OC)c(F)c(Cc2ncc([N+](=O)[O-])c(N)n2)c1F. The Kier molecular flexibility index (Phi) is 4.53. The van der Waals surface area contributed by atoms with Gasteiger partial charge in [0, 0.05) is 18.1 Å². The van der Waals surface area contributed by atoms with Crippen molar-refractivity contribution in [3.05, 3.63) is 45.4 Å². The Bertz CT molecular complexity index is 742. The highest BCUT2D eigenvalue weighted by molar-refractivity contribution is 5.50. The van der Waals surface area contributed by atoms with Crippen molar-refractivity contribution >= 4 is 11.5 Å². The number of nitrogens with two attached hydrogens (primary N) is 1. The molecule has 2 aromatic rings. The molecule has 0 aliphatic heterocycles. The molecule has 0 saturated carbocycles. The molecule has 2 N–H and O–H groups in total. The normalized spacial score (nSPS) is 10.4. The summed E-state index contributed by atoms with van der Waals surface area (Å²) in [6.45, 7) is 0. The van der Waals surface area contributed by atoms with Gasteiger partial charge in [0.25, 0.3) is 0 Å². The van der Waals surface area contributed by atoms with Crippen molar-refractivity contribution in [2.24, 2.45) is 0 Å². The fourth-order valence-corrected chi connectivity index (χ4v) is 1.90. The van der Waals surface area contributed by atoms with Crippen molar-refractivity contribution in [2.75, 3.05) is 20.0 Å². The molecule has 2 rings (SSSR count). The molecule has 0 bridgehead atoms. The molecule has 0 amide bonds. The second kappa shape index (κ2) is 6.38. The number of hydrogen-bond acceptors (Lipinski definition) is 7. The molecular formula is C13H12F2N4O4. The smallest absolute Gasteiger partial charge is 0.329 e. The molecule has 0 radical (unpaired) electrons. The predicted octanol–water partition coefficient (Wildman–Crippen LogP) is 1.85. The first-order chi connectivity index (χ1) is 10.9. The summed E-state index contributed by atoms with van der Waals surface area (Å²) in [5.41, 5.74) is 4.55. The van der Waals surface area contributed by atoms with Crippen LogP contribution < -0.4 is 15.2 Å². The summed E-state index contributed by atoms with van der Waals surface area (Å²) < 4.78 is 38.1. The van der Waals surface area contributed by atoms with Gasteiger partial charge >= 0.3 is 5.69 Å². The number of halogens is 2. The van der Waals surface area contributed by atoms with Gasteiger partial charge in [-0.1, -0.05) is 0 Å². The Morgan fingerprint density at radius 1 is 1.26 bits per heavy atom. The number of ether oxygens (including phenoxy) is 2. The summed E-state index contributed by atoms with van der Waals surface area (Å²) in [4.78, 5) is 17.3. The number of hydrogen-bond donors (Lipinski definition) is 1. The monoisotopic (exact) mass is 326 g/mol. The largest absolute Gasteiger partial charge is 0.494 e. The topological polar surface area (TPSA) is 113 Å². The summed E-state index contributed by atoms with van der Waals surface area (Å²) in [5.74, 6) is -2.78. The van der Waals surface area contributed by atoms with Crippen LogP contribution in [0.25, 0.3) is 0 Å². The minimum Gasteiger partial charge on any atom is -0.494 e. The van der Waals surface area contributed by atoms with Crippen LogP contribution in [-0.4, -0.2) is 29.1 Å². The van der Waals surface area contributed by atoms with Crippen LogP contribution in [-0.2, 0) is 6.42 Å². The third-order valence-corrected chi connectivity index (χ3v) is 3.04. The summed E-state index contributed by atoms with van der Waals surface area (Å²) in [7, 11) is 2.44. The minimum absolute atomic E-state index is 0.0822. The molecule has 1 aromatic carbocycles. The van der Waals surface area contributed by atoms with E-state index in [0.29, 0.717) is 0 Å². The quantitative estimate of drug-likeness (QED) is 0.659. The third kappa shape index (κ3) is 3.10. The molecule has 0 aliphatic carbocycles. The third-order valence-electron chi connectivity index (χ3n) is 3.04. The molecule has 0 spiro atoms. The minimum atomic E-state index is -0.939. The fraction of sp³-hybridized carbons (Fsp3) is 0.231. The number of nitro groups is 1. The maximum atomic E-state index is 14.2. The van der Waals surface area contributed by atoms with Crippen molar-refractivity contribution in [1.82, 2.24) is 9.97 Å². The van der Waals surface area contributed by atoms with E-state index in [0.717, 1.165) is 12.3 Å². The van der Waals surface area contributed by atoms with E-state index in [9.17, 15) is 18.9 Å². The van der Waals surface area contributed by atoms with Crippen molar-refractivity contribution in [3.8, 4) is 11.5 Å². The highest BCUT2D eigenvalue weighted by Gasteiger charge is 2.22. The van der Waals surface area contributed by atoms with E-state index >= 15 is 0 Å². The fourth-order valence-electron chi connectivity index (χ4n) is 1.90. The van der Waals surface area contributed by atoms with Crippen LogP contribution in [0.2, 0.25) is 0 Å². The Morgan fingerprint density at radius 3 is 2.26 bits per heavy atom. The van der Waals surface area contributed by atoms with Gasteiger partial charge in [-0.15, -0.1) is 0 Å². The van der Waals surface area contributed by atoms with Crippen LogP contribution >= 0.6 is 0 Å². The van der Waals surface area contributed by atoms with Gasteiger partial charge in [-0.25, -0.2) is 18.7 Å². The van der Waals surface area contributed by atoms with Gasteiger partial charge in [0.2, 0.25) is 5.82 Å². The van der Waals surface area contributed by atoms with Gasteiger partial charge in [0.1, 0.15) is 12.0 Å². The molecular weight excluding hydrogens is 314 g/mol. The zero-order chi connectivity index (χ0) is 17.1. The maximum Gasteiger partial charge on any atom is 0.329 e. The molecule has 10 heteroatoms. The number of aromatic nitrogens is 2. The zero-order valence-corrected chi connectivity index (χ0v) is 12.2. The van der Waals surface area contributed by atoms with Gasteiger partial charge in [0.05, 0.1) is 19.1 Å². The standard InChI is InChI=1S/C13H12F2N4O4/c1-22-8-4-9(23-2)12(15)6(11(8)14)3-10-17-5-7(19(20)21)13(16)18-10/h4-5H,3H2,1-2H3,(H2,16,17,18). The Hall–Kier alpha value is -3.04. The predicted molar refractivity (Wildman–Crippen MR) is 75.4 cm³/mol. The van der Waals surface area contributed by atoms with Crippen LogP contribution in [0.15, 0.2) is 12.3 Å². The molecule has 0 fully saturated rings. The van der Waals surface area contributed by atoms with Crippen molar-refractivity contribution in [2.45, 2.75) is 6.42 Å². The highest BCUT2D eigenvalue weighted by atomic mass is 19.1. The lowest BCUT2D eigenvalue weighted by atomic mass is 10.1. The van der Waals surface area contributed by atoms with Crippen LogP contribution in [0.5, 0.6) is 11.5 Å². The summed E-state index contributed by atoms with van der Waals surface area (Å²) in [6.07, 6.45) is 0.498. The molecule has 23 heavy (non-hydrogen) atoms. The zero-order valence-electron chi connectivity index (χ0n) is 12.2. The lowest BCUT2D eigenvalue weighted by molar-refractivity contribution is -0.384. The van der Waals surface area contributed by atoms with Gasteiger partial charge in [-0.3, -0.25) is 10.1 Å². The van der Waals surface area contributed by atoms with Crippen molar-refractivity contribution in [1.29, 1.82) is 0 Å². The van der Waals surface area contributed by atoms with Gasteiger partial charge in [-0.2, -0.15) is 0 Å². The number of nitrogen functional groups attached to an aromatic ring is 1. The van der Waals surface area contributed by atoms with E-state index in [-0.39, 0.29) is 23.7 Å². The molecule has 8 nitrogen and oxygen atoms in total. The lowest BCUT2D eigenvalue weighted by Crippen LogP contribution is -2.08. The number of benzene rings is 1. The first-order valence-corrected chi connectivity index (χ1v) is 6.23. The average molecular weight is 326 g/mol. The average Bonchev–Trinajstić information content (AvgIpc) is 2.51. The maximum absolute atomic E-state index is 14.2. The summed E-state index contributed by atoms with van der Waals surface area (Å²) >= 11 is 0. The summed E-state index contributed by atoms with van der Waals surface area (Å²) in [5, 5.41) is 10.7. The molecule has 0 atom stereocenters. The molecule has 122 valence electrons. The van der Waals surface area contributed by atoms with Crippen LogP contribution in [0, 0.1) is 21.7 Å². The van der Waals surface area contributed by atoms with Gasteiger partial charge < -0.3 is 15.2 Å². The number of rotatable bonds is 5. The second-order valence-corrected chi connectivity index (χ2v) is 4.38. The first-order valence-electron chi connectivity index (χ1n) is 6.23. The van der Waals surface area contributed by atoms with Gasteiger partial charge in [-0.05, 0) is 0 Å². The van der Waals surface area contributed by atoms with E-state index in [2.05, 4.69) is 9.97 Å². The first kappa shape index (κ1) is 16.3. The molecule has 0 saturated heterocycles. The second-order valence-electron chi connectivity index (χ2n) is 4.38. The Balaban J connectivity index is 2.47. The molecule has 1 aromatic heterocycles. The van der Waals surface area contributed by atoms with Crippen LogP contribution in [0.1, 0.15) is 11.4 Å². The molecule has 0 unspecified atom stereocenters. The van der Waals surface area contributed by atoms with E-state index in [4.69, 9.17) is 15.2 Å². The lowest BCUT2D eigenvalue weighted by Gasteiger charge is -2.12. The number of methoxy groups -OCH3 is 2. The van der Waals surface area contributed by atoms with Crippen molar-refractivity contribution in [3.63, 3.8) is 0 Å².